The van der Waals surface area contributed by atoms with E-state index in [2.05, 4.69) is 25.5 Å². The summed E-state index contributed by atoms with van der Waals surface area (Å²) in [4.78, 5) is 6.47. The summed E-state index contributed by atoms with van der Waals surface area (Å²) in [6.45, 7) is 3.21. The van der Waals surface area contributed by atoms with Crippen LogP contribution in [0, 0.1) is 36.2 Å². The predicted molar refractivity (Wildman–Crippen MR) is 120 cm³/mol. The van der Waals surface area contributed by atoms with Crippen LogP contribution in [0.5, 0.6) is 0 Å². The molecule has 2 aromatic heterocycles. The standard InChI is InChI=1S/C24H24F6N6O/c1-11-8-18(37-34-11)35-9-12-2-3-13(10-35)21(12)31-23-32-22-15(14-4-6-16(25)20(27)19(14)26)5-7-17(24(28,29)30)36(22)33-23/h4,6,8,12-13,15,17,21H,2-3,5,7,9-10H2,1H3,(H,31,33)/t12-,13+,15?,17?,21-. The molecule has 1 aliphatic carbocycles. The van der Waals surface area contributed by atoms with Crippen LogP contribution in [-0.2, 0) is 0 Å². The number of piperidine rings is 1. The Bertz CT molecular complexity index is 1310. The summed E-state index contributed by atoms with van der Waals surface area (Å²) in [5.41, 5.74) is 0.539. The molecule has 1 saturated carbocycles. The van der Waals surface area contributed by atoms with Crippen molar-refractivity contribution < 1.29 is 30.9 Å². The van der Waals surface area contributed by atoms with Crippen molar-refractivity contribution in [1.82, 2.24) is 19.9 Å². The Hall–Kier alpha value is -3.25. The number of alkyl halides is 3. The molecule has 198 valence electrons. The van der Waals surface area contributed by atoms with E-state index in [1.807, 2.05) is 13.0 Å². The lowest BCUT2D eigenvalue weighted by atomic mass is 9.88. The van der Waals surface area contributed by atoms with Crippen molar-refractivity contribution in [3.05, 3.63) is 52.7 Å². The Labute approximate surface area is 207 Å². The Morgan fingerprint density at radius 2 is 1.73 bits per heavy atom. The SMILES string of the molecule is Cc1cc(N2C[C@H]3CC[C@@H](C2)[C@@H]3Nc2nc3n(n2)C(C(F)(F)F)CCC3c2ccc(F)c(F)c2F)on1. The van der Waals surface area contributed by atoms with E-state index in [9.17, 15) is 26.3 Å². The Kier molecular flexibility index (Phi) is 5.64. The second kappa shape index (κ2) is 8.66. The van der Waals surface area contributed by atoms with Crippen molar-refractivity contribution >= 4 is 11.8 Å². The first-order chi connectivity index (χ1) is 17.6. The zero-order valence-electron chi connectivity index (χ0n) is 19.8. The van der Waals surface area contributed by atoms with Crippen molar-refractivity contribution in [2.24, 2.45) is 11.8 Å². The highest BCUT2D eigenvalue weighted by molar-refractivity contribution is 5.40. The minimum absolute atomic E-state index is 0.0185. The van der Waals surface area contributed by atoms with Crippen LogP contribution in [0.3, 0.4) is 0 Å². The minimum Gasteiger partial charge on any atom is -0.350 e. The van der Waals surface area contributed by atoms with Gasteiger partial charge in [0.05, 0.1) is 5.69 Å². The summed E-state index contributed by atoms with van der Waals surface area (Å²) in [6, 6.07) is 1.69. The second-order valence-electron chi connectivity index (χ2n) is 10.2. The van der Waals surface area contributed by atoms with Crippen molar-refractivity contribution in [1.29, 1.82) is 0 Å². The lowest BCUT2D eigenvalue weighted by Gasteiger charge is -2.37. The maximum absolute atomic E-state index is 14.6. The monoisotopic (exact) mass is 526 g/mol. The molecule has 0 spiro atoms. The molecule has 1 N–H and O–H groups in total. The first kappa shape index (κ1) is 24.1. The fourth-order valence-electron chi connectivity index (χ4n) is 6.13. The largest absolute Gasteiger partial charge is 0.410 e. The van der Waals surface area contributed by atoms with Crippen molar-refractivity contribution in [3.8, 4) is 0 Å². The number of aromatic nitrogens is 4. The third-order valence-electron chi connectivity index (χ3n) is 7.87. The Morgan fingerprint density at radius 3 is 2.38 bits per heavy atom. The lowest BCUT2D eigenvalue weighted by molar-refractivity contribution is -0.175. The van der Waals surface area contributed by atoms with E-state index in [1.54, 1.807) is 0 Å². The molecule has 2 aliphatic heterocycles. The Morgan fingerprint density at radius 1 is 1.00 bits per heavy atom. The molecule has 1 saturated heterocycles. The third kappa shape index (κ3) is 4.11. The van der Waals surface area contributed by atoms with Gasteiger partial charge in [-0.1, -0.05) is 11.2 Å². The molecule has 37 heavy (non-hydrogen) atoms. The number of anilines is 2. The van der Waals surface area contributed by atoms with Crippen LogP contribution in [0.4, 0.5) is 38.2 Å². The number of fused-ring (bicyclic) bond motifs is 3. The van der Waals surface area contributed by atoms with Gasteiger partial charge >= 0.3 is 6.18 Å². The number of halogens is 6. The molecular formula is C24H24F6N6O. The molecule has 2 unspecified atom stereocenters. The third-order valence-corrected chi connectivity index (χ3v) is 7.87. The minimum atomic E-state index is -4.60. The smallest absolute Gasteiger partial charge is 0.350 e. The van der Waals surface area contributed by atoms with E-state index in [0.29, 0.717) is 19.0 Å². The molecule has 13 heteroatoms. The summed E-state index contributed by atoms with van der Waals surface area (Å²) in [5, 5.41) is 11.3. The predicted octanol–water partition coefficient (Wildman–Crippen LogP) is 5.35. The average molecular weight is 526 g/mol. The van der Waals surface area contributed by atoms with Crippen LogP contribution in [-0.4, -0.2) is 45.2 Å². The van der Waals surface area contributed by atoms with Crippen LogP contribution in [0.2, 0.25) is 0 Å². The number of benzene rings is 1. The second-order valence-corrected chi connectivity index (χ2v) is 10.2. The zero-order chi connectivity index (χ0) is 26.1. The molecule has 4 heterocycles. The van der Waals surface area contributed by atoms with Gasteiger partial charge in [0, 0.05) is 36.7 Å². The molecule has 7 nitrogen and oxygen atoms in total. The van der Waals surface area contributed by atoms with E-state index in [4.69, 9.17) is 4.52 Å². The number of nitrogens with one attached hydrogen (secondary N) is 1. The average Bonchev–Trinajstić information content (AvgIpc) is 3.52. The van der Waals surface area contributed by atoms with Crippen LogP contribution < -0.4 is 10.2 Å². The van der Waals surface area contributed by atoms with E-state index in [1.165, 1.54) is 0 Å². The van der Waals surface area contributed by atoms with Crippen molar-refractivity contribution in [3.63, 3.8) is 0 Å². The van der Waals surface area contributed by atoms with Gasteiger partial charge in [-0.15, -0.1) is 5.10 Å². The number of rotatable bonds is 4. The quantitative estimate of drug-likeness (QED) is 0.365. The normalized spacial score (nSPS) is 27.4. The summed E-state index contributed by atoms with van der Waals surface area (Å²) in [7, 11) is 0. The van der Waals surface area contributed by atoms with Gasteiger partial charge in [0.1, 0.15) is 11.9 Å². The zero-order valence-corrected chi connectivity index (χ0v) is 19.8. The molecule has 0 amide bonds. The molecule has 2 fully saturated rings. The molecule has 0 radical (unpaired) electrons. The number of hydrogen-bond acceptors (Lipinski definition) is 6. The highest BCUT2D eigenvalue weighted by Gasteiger charge is 2.48. The Balaban J connectivity index is 1.30. The maximum atomic E-state index is 14.6. The lowest BCUT2D eigenvalue weighted by Crippen LogP contribution is -2.48. The van der Waals surface area contributed by atoms with Crippen LogP contribution in [0.25, 0.3) is 0 Å². The van der Waals surface area contributed by atoms with E-state index >= 15 is 0 Å². The van der Waals surface area contributed by atoms with Crippen LogP contribution in [0.1, 0.15) is 54.7 Å². The summed E-state index contributed by atoms with van der Waals surface area (Å²) >= 11 is 0. The summed E-state index contributed by atoms with van der Waals surface area (Å²) in [6.07, 6.45) is -3.27. The molecular weight excluding hydrogens is 502 g/mol. The molecule has 3 aromatic rings. The van der Waals surface area contributed by atoms with Crippen molar-refractivity contribution in [2.75, 3.05) is 23.3 Å². The first-order valence-corrected chi connectivity index (χ1v) is 12.2. The van der Waals surface area contributed by atoms with E-state index in [-0.39, 0.29) is 48.1 Å². The highest BCUT2D eigenvalue weighted by atomic mass is 19.4. The molecule has 5 atom stereocenters. The number of nitrogens with zero attached hydrogens (tertiary/aromatic N) is 5. The number of aryl methyl sites for hydroxylation is 1. The van der Waals surface area contributed by atoms with Crippen LogP contribution >= 0.6 is 0 Å². The van der Waals surface area contributed by atoms with Gasteiger partial charge < -0.3 is 14.7 Å². The van der Waals surface area contributed by atoms with Gasteiger partial charge in [-0.2, -0.15) is 18.2 Å². The fourth-order valence-corrected chi connectivity index (χ4v) is 6.13. The summed E-state index contributed by atoms with van der Waals surface area (Å²) < 4.78 is 89.8. The first-order valence-electron chi connectivity index (χ1n) is 12.2. The van der Waals surface area contributed by atoms with E-state index < -0.39 is 35.6 Å². The topological polar surface area (TPSA) is 72.0 Å². The fraction of sp³-hybridized carbons (Fsp3) is 0.542. The van der Waals surface area contributed by atoms with Gasteiger partial charge in [-0.3, -0.25) is 0 Å². The molecule has 1 aromatic carbocycles. The maximum Gasteiger partial charge on any atom is 0.410 e. The number of hydrogen-bond donors (Lipinski definition) is 1. The van der Waals surface area contributed by atoms with Gasteiger partial charge in [-0.25, -0.2) is 17.9 Å². The summed E-state index contributed by atoms with van der Waals surface area (Å²) in [5.74, 6) is -4.50. The van der Waals surface area contributed by atoms with Crippen molar-refractivity contribution in [2.45, 2.75) is 56.8 Å². The van der Waals surface area contributed by atoms with Gasteiger partial charge in [0.25, 0.3) is 0 Å². The highest BCUT2D eigenvalue weighted by Crippen LogP contribution is 2.45. The van der Waals surface area contributed by atoms with Gasteiger partial charge in [0.2, 0.25) is 11.8 Å². The molecule has 2 bridgehead atoms. The van der Waals surface area contributed by atoms with Crippen LogP contribution in [0.15, 0.2) is 22.7 Å². The van der Waals surface area contributed by atoms with E-state index in [0.717, 1.165) is 35.4 Å². The molecule has 6 rings (SSSR count). The van der Waals surface area contributed by atoms with Gasteiger partial charge in [-0.05, 0) is 50.5 Å². The molecule has 3 aliphatic rings. The van der Waals surface area contributed by atoms with Gasteiger partial charge in [0.15, 0.2) is 17.5 Å².